The number of fused-ring (bicyclic) bond motifs is 6. The van der Waals surface area contributed by atoms with E-state index >= 15 is 0 Å². The summed E-state index contributed by atoms with van der Waals surface area (Å²) in [6.07, 6.45) is 0. The third-order valence-electron chi connectivity index (χ3n) is 12.7. The van der Waals surface area contributed by atoms with Crippen LogP contribution in [-0.4, -0.2) is 103 Å². The zero-order chi connectivity index (χ0) is 44.2. The van der Waals surface area contributed by atoms with Crippen molar-refractivity contribution >= 4 is 203 Å². The average molecular weight is 768 g/mol. The molecule has 0 N–H and O–H groups in total. The fourth-order valence-electron chi connectivity index (χ4n) is 9.68. The largest absolute Gasteiger partial charge is 0.311 e. The van der Waals surface area contributed by atoms with Crippen LogP contribution in [0.5, 0.6) is 0 Å². The second kappa shape index (κ2) is 15.2. The third-order valence-corrected chi connectivity index (χ3v) is 12.7. The van der Waals surface area contributed by atoms with Crippen LogP contribution < -0.4 is 65.6 Å². The summed E-state index contributed by atoms with van der Waals surface area (Å²) >= 11 is 0. The maximum atomic E-state index is 7.00. The lowest BCUT2D eigenvalue weighted by Gasteiger charge is -2.37. The number of hydrogen-bond donors (Lipinski definition) is 0. The number of nitrogens with zero attached hydrogens (tertiary/aromatic N) is 2. The van der Waals surface area contributed by atoms with Crippen molar-refractivity contribution in [2.45, 2.75) is 5.41 Å². The van der Waals surface area contributed by atoms with Gasteiger partial charge in [-0.1, -0.05) is 136 Å². The summed E-state index contributed by atoms with van der Waals surface area (Å²) in [5, 5.41) is 2.10. The normalized spacial score (nSPS) is 11.9. The molecule has 10 rings (SSSR count). The van der Waals surface area contributed by atoms with E-state index in [4.69, 9.17) is 94.2 Å². The summed E-state index contributed by atoms with van der Waals surface area (Å²) < 4.78 is 3.87. The summed E-state index contributed by atoms with van der Waals surface area (Å²) in [4.78, 5) is 0. The monoisotopic (exact) mass is 770 g/mol. The summed E-state index contributed by atoms with van der Waals surface area (Å²) in [7, 11) is 80.1. The quantitative estimate of drug-likeness (QED) is 0.134. The molecule has 14 heteroatoms. The molecule has 0 fully saturated rings. The first-order valence-electron chi connectivity index (χ1n) is 20.1. The van der Waals surface area contributed by atoms with Gasteiger partial charge in [-0.15, -0.1) is 32.8 Å². The molecule has 0 spiro atoms. The Hall–Kier alpha value is -5.86. The highest BCUT2D eigenvalue weighted by atomic mass is 15.0. The molecular formula is C49H22B12N2. The molecule has 0 saturated carbocycles. The minimum Gasteiger partial charge on any atom is -0.311 e. The van der Waals surface area contributed by atoms with Crippen LogP contribution in [0.3, 0.4) is 0 Å². The molecular weight excluding hydrogens is 746 g/mol. The van der Waals surface area contributed by atoms with Gasteiger partial charge < -0.3 is 9.13 Å². The molecule has 63 heavy (non-hydrogen) atoms. The lowest BCUT2D eigenvalue weighted by atomic mass is 9.63. The first-order valence-corrected chi connectivity index (χ1v) is 20.1. The molecule has 24 radical (unpaired) electrons. The highest BCUT2D eigenvalue weighted by molar-refractivity contribution is 6.72. The van der Waals surface area contributed by atoms with Crippen LogP contribution >= 0.6 is 0 Å². The van der Waals surface area contributed by atoms with Gasteiger partial charge in [-0.25, -0.2) is 0 Å². The van der Waals surface area contributed by atoms with E-state index in [0.29, 0.717) is 43.8 Å². The van der Waals surface area contributed by atoms with E-state index in [9.17, 15) is 0 Å². The molecule has 10 aromatic rings. The van der Waals surface area contributed by atoms with Gasteiger partial charge in [-0.3, -0.25) is 0 Å². The molecule has 264 valence electrons. The lowest BCUT2D eigenvalue weighted by molar-refractivity contribution is 0.744. The predicted molar refractivity (Wildman–Crippen MR) is 278 cm³/mol. The van der Waals surface area contributed by atoms with Crippen LogP contribution in [0.1, 0.15) is 22.3 Å². The van der Waals surface area contributed by atoms with Crippen molar-refractivity contribution in [3.05, 3.63) is 156 Å². The molecule has 2 aromatic heterocycles. The summed E-state index contributed by atoms with van der Waals surface area (Å²) in [5.74, 6) is 0. The highest BCUT2D eigenvalue weighted by Crippen LogP contribution is 2.46. The van der Waals surface area contributed by atoms with Crippen molar-refractivity contribution in [3.63, 3.8) is 0 Å². The van der Waals surface area contributed by atoms with E-state index in [1.165, 1.54) is 0 Å². The van der Waals surface area contributed by atoms with Crippen molar-refractivity contribution in [3.8, 4) is 11.4 Å². The van der Waals surface area contributed by atoms with Crippen LogP contribution in [0.25, 0.3) is 55.0 Å². The van der Waals surface area contributed by atoms with Crippen molar-refractivity contribution < 1.29 is 0 Å². The molecule has 0 bridgehead atoms. The van der Waals surface area contributed by atoms with E-state index in [0.717, 1.165) is 33.5 Å². The standard InChI is InChI=1S/C49H22B12N2/c50-34-31-29-22-28(63-47-32(35(51)38(54)41(57)44(47)60)33-36(52)39(55)42(58)45(61)48(33)63)19-20-30(29)62(46(31)43(59)40(56)37(34)53)27-18-10-17-26(21-27)49(23-11-4-1-5-12-23,24-13-6-2-7-14-24)25-15-8-3-9-16-25/h1-22H. The van der Waals surface area contributed by atoms with Crippen molar-refractivity contribution in [2.75, 3.05) is 0 Å². The van der Waals surface area contributed by atoms with E-state index in [2.05, 4.69) is 89.5 Å². The molecule has 0 unspecified atom stereocenters. The SMILES string of the molecule is [B]c1c([B])c([B])c2c(c1[B])c1cc(-n3c4c([B])c([B])c([B])c([B])c4c4c([B])c([B])c([B])c([B])c43)ccc1n2-c1cccc(C(c2ccccc2)(c2ccccc2)c2ccccc2)c1. The molecule has 2 heterocycles. The lowest BCUT2D eigenvalue weighted by Crippen LogP contribution is -2.49. The van der Waals surface area contributed by atoms with Crippen LogP contribution in [0.2, 0.25) is 0 Å². The Labute approximate surface area is 382 Å². The summed E-state index contributed by atoms with van der Waals surface area (Å²) in [6.45, 7) is 0. The Morgan fingerprint density at radius 1 is 0.286 bits per heavy atom. The van der Waals surface area contributed by atoms with Gasteiger partial charge in [-0.2, -0.15) is 0 Å². The fourth-order valence-corrected chi connectivity index (χ4v) is 9.68. The third kappa shape index (κ3) is 5.75. The molecule has 0 aliphatic rings. The topological polar surface area (TPSA) is 9.86 Å². The number of benzene rings is 8. The van der Waals surface area contributed by atoms with Gasteiger partial charge in [0.1, 0.15) is 94.2 Å². The van der Waals surface area contributed by atoms with Gasteiger partial charge in [0, 0.05) is 33.3 Å². The maximum absolute atomic E-state index is 7.00. The van der Waals surface area contributed by atoms with E-state index in [1.807, 2.05) is 53.1 Å². The molecule has 0 saturated heterocycles. The Balaban J connectivity index is 1.33. The number of hydrogen-bond acceptors (Lipinski definition) is 0. The molecule has 0 aliphatic heterocycles. The van der Waals surface area contributed by atoms with Gasteiger partial charge in [0.15, 0.2) is 0 Å². The van der Waals surface area contributed by atoms with Gasteiger partial charge in [0.25, 0.3) is 0 Å². The Morgan fingerprint density at radius 3 is 1.10 bits per heavy atom. The van der Waals surface area contributed by atoms with E-state index in [1.54, 1.807) is 0 Å². The minimum atomic E-state index is -0.740. The van der Waals surface area contributed by atoms with Crippen molar-refractivity contribution in [1.82, 2.24) is 9.13 Å². The Bertz CT molecular complexity index is 3350. The summed E-state index contributed by atoms with van der Waals surface area (Å²) in [6, 6.07) is 45.7. The molecule has 0 atom stereocenters. The molecule has 2 nitrogen and oxygen atoms in total. The van der Waals surface area contributed by atoms with Crippen LogP contribution in [0.15, 0.2) is 133 Å². The van der Waals surface area contributed by atoms with Crippen molar-refractivity contribution in [1.29, 1.82) is 0 Å². The molecule has 0 amide bonds. The van der Waals surface area contributed by atoms with Gasteiger partial charge in [0.05, 0.1) is 10.9 Å². The maximum Gasteiger partial charge on any atom is 0.115 e. The summed E-state index contributed by atoms with van der Waals surface area (Å²) in [5.41, 5.74) is 8.87. The Morgan fingerprint density at radius 2 is 0.651 bits per heavy atom. The first-order chi connectivity index (χ1) is 30.3. The van der Waals surface area contributed by atoms with Crippen LogP contribution in [0.4, 0.5) is 0 Å². The smallest absolute Gasteiger partial charge is 0.115 e. The van der Waals surface area contributed by atoms with Crippen LogP contribution in [-0.2, 0) is 5.41 Å². The fraction of sp³-hybridized carbons (Fsp3) is 0.0204. The van der Waals surface area contributed by atoms with Gasteiger partial charge in [0.2, 0.25) is 0 Å². The second-order valence-corrected chi connectivity index (χ2v) is 15.9. The highest BCUT2D eigenvalue weighted by Gasteiger charge is 2.38. The predicted octanol–water partition coefficient (Wildman–Crippen LogP) is -2.21. The number of rotatable bonds is 6. The van der Waals surface area contributed by atoms with Gasteiger partial charge >= 0.3 is 0 Å². The van der Waals surface area contributed by atoms with E-state index in [-0.39, 0.29) is 65.6 Å². The van der Waals surface area contributed by atoms with Gasteiger partial charge in [-0.05, 0) is 68.7 Å². The zero-order valence-corrected chi connectivity index (χ0v) is 34.0. The second-order valence-electron chi connectivity index (χ2n) is 15.9. The molecule has 8 aromatic carbocycles. The average Bonchev–Trinajstić information content (AvgIpc) is 3.86. The van der Waals surface area contributed by atoms with Crippen LogP contribution in [0, 0.1) is 0 Å². The zero-order valence-electron chi connectivity index (χ0n) is 34.0. The Kier molecular flexibility index (Phi) is 9.90. The molecule has 0 aliphatic carbocycles. The minimum absolute atomic E-state index is 0.0950. The first kappa shape index (κ1) is 41.2. The van der Waals surface area contributed by atoms with Crippen molar-refractivity contribution in [2.24, 2.45) is 0 Å². The number of aromatic nitrogens is 2. The van der Waals surface area contributed by atoms with E-state index < -0.39 is 5.41 Å².